The van der Waals surface area contributed by atoms with Crippen molar-refractivity contribution in [1.29, 1.82) is 0 Å². The van der Waals surface area contributed by atoms with Gasteiger partial charge >= 0.3 is 0 Å². The van der Waals surface area contributed by atoms with Crippen LogP contribution in [-0.4, -0.2) is 40.3 Å². The molecule has 0 unspecified atom stereocenters. The Morgan fingerprint density at radius 2 is 1.97 bits per heavy atom. The van der Waals surface area contributed by atoms with Crippen LogP contribution in [0.2, 0.25) is 5.02 Å². The van der Waals surface area contributed by atoms with E-state index in [-0.39, 0.29) is 17.5 Å². The molecule has 2 aromatic rings. The topological polar surface area (TPSA) is 56.8 Å². The minimum atomic E-state index is -1.53. The van der Waals surface area contributed by atoms with Crippen molar-refractivity contribution in [2.45, 2.75) is 49.6 Å². The molecule has 1 heterocycles. The van der Waals surface area contributed by atoms with Crippen LogP contribution in [-0.2, 0) is 21.4 Å². The van der Waals surface area contributed by atoms with Crippen LogP contribution in [0.25, 0.3) is 11.1 Å². The van der Waals surface area contributed by atoms with E-state index in [4.69, 9.17) is 47.5 Å². The summed E-state index contributed by atoms with van der Waals surface area (Å²) in [5.74, 6) is 0.338. The molecule has 1 saturated carbocycles. The molecule has 4 atom stereocenters. The summed E-state index contributed by atoms with van der Waals surface area (Å²) in [6.45, 7) is 2.22. The second-order valence-electron chi connectivity index (χ2n) is 9.39. The molecule has 1 fully saturated rings. The van der Waals surface area contributed by atoms with Gasteiger partial charge in [-0.05, 0) is 72.1 Å². The molecule has 4 nitrogen and oxygen atoms in total. The highest BCUT2D eigenvalue weighted by molar-refractivity contribution is 6.41. The van der Waals surface area contributed by atoms with Crippen molar-refractivity contribution in [3.8, 4) is 11.1 Å². The lowest BCUT2D eigenvalue weighted by molar-refractivity contribution is -0.0559. The van der Waals surface area contributed by atoms with Gasteiger partial charge in [0.2, 0.25) is 0 Å². The second kappa shape index (κ2) is 7.05. The monoisotopic (exact) mass is 430 g/mol. The summed E-state index contributed by atoms with van der Waals surface area (Å²) in [6, 6.07) is 14.3. The van der Waals surface area contributed by atoms with E-state index in [0.717, 1.165) is 42.4 Å². The molecule has 2 N–H and O–H groups in total. The number of hydrogen-bond donors (Lipinski definition) is 1. The number of benzene rings is 2. The molecule has 0 bridgehead atoms. The van der Waals surface area contributed by atoms with Crippen molar-refractivity contribution in [2.75, 3.05) is 7.11 Å². The van der Waals surface area contributed by atoms with E-state index in [2.05, 4.69) is 25.1 Å². The number of ether oxygens (including phenoxy) is 2. The highest BCUT2D eigenvalue weighted by Crippen LogP contribution is 2.65. The third-order valence-electron chi connectivity index (χ3n) is 7.63. The summed E-state index contributed by atoms with van der Waals surface area (Å²) >= 11 is 6.25. The lowest BCUT2D eigenvalue weighted by Crippen LogP contribution is -2.60. The number of rotatable bonds is 2. The first-order chi connectivity index (χ1) is 14.7. The molecule has 4 radical (unpaired) electrons. The van der Waals surface area contributed by atoms with Crippen molar-refractivity contribution < 1.29 is 9.47 Å². The molecule has 1 aliphatic heterocycles. The standard InChI is InChI=1S/C24H25B2ClN2O2/c1-14-12-22(9-8-20(14)30-2)13-17-7-6-16(15-4-3-5-18(27)10-15)11-19(17)23(22)24(25,26)31-21(28)29-23/h3-7,10-11,14,20H,8-9,12-13H2,1-2H3,(H2,28,29)/t14-,20-,22-,23-/m0/s1. The van der Waals surface area contributed by atoms with Gasteiger partial charge in [-0.2, -0.15) is 0 Å². The van der Waals surface area contributed by atoms with Gasteiger partial charge in [0.05, 0.1) is 11.5 Å². The fourth-order valence-electron chi connectivity index (χ4n) is 6.41. The Labute approximate surface area is 191 Å². The first-order valence-corrected chi connectivity index (χ1v) is 11.1. The molecule has 7 heteroatoms. The lowest BCUT2D eigenvalue weighted by atomic mass is 9.44. The molecule has 0 aromatic heterocycles. The number of nitrogens with two attached hydrogens (primary N) is 1. The molecule has 2 aromatic carbocycles. The smallest absolute Gasteiger partial charge is 0.281 e. The molecule has 2 spiro atoms. The largest absolute Gasteiger partial charge is 0.476 e. The van der Waals surface area contributed by atoms with E-state index in [1.165, 1.54) is 5.56 Å². The summed E-state index contributed by atoms with van der Waals surface area (Å²) in [5.41, 5.74) is 9.10. The van der Waals surface area contributed by atoms with E-state index in [0.29, 0.717) is 10.9 Å². The van der Waals surface area contributed by atoms with Gasteiger partial charge in [0.1, 0.15) is 21.2 Å². The lowest BCUT2D eigenvalue weighted by Gasteiger charge is -2.53. The highest BCUT2D eigenvalue weighted by Gasteiger charge is 2.68. The first-order valence-electron chi connectivity index (χ1n) is 10.8. The van der Waals surface area contributed by atoms with Gasteiger partial charge in [-0.15, -0.1) is 0 Å². The van der Waals surface area contributed by atoms with Crippen LogP contribution in [0.4, 0.5) is 0 Å². The fourth-order valence-corrected chi connectivity index (χ4v) is 6.60. The van der Waals surface area contributed by atoms with Gasteiger partial charge in [-0.25, -0.2) is 4.99 Å². The average molecular weight is 431 g/mol. The van der Waals surface area contributed by atoms with Crippen LogP contribution in [0.1, 0.15) is 37.3 Å². The molecule has 5 rings (SSSR count). The van der Waals surface area contributed by atoms with Gasteiger partial charge in [0, 0.05) is 17.5 Å². The zero-order valence-corrected chi connectivity index (χ0v) is 18.7. The van der Waals surface area contributed by atoms with Gasteiger partial charge in [-0.3, -0.25) is 0 Å². The van der Waals surface area contributed by atoms with Crippen LogP contribution < -0.4 is 5.73 Å². The first kappa shape index (κ1) is 21.0. The number of methoxy groups -OCH3 is 1. The summed E-state index contributed by atoms with van der Waals surface area (Å²) in [7, 11) is 15.1. The van der Waals surface area contributed by atoms with Gasteiger partial charge in [0.15, 0.2) is 0 Å². The van der Waals surface area contributed by atoms with Gasteiger partial charge in [-0.1, -0.05) is 42.8 Å². The number of hydrogen-bond acceptors (Lipinski definition) is 4. The van der Waals surface area contributed by atoms with Crippen LogP contribution in [0.3, 0.4) is 0 Å². The SMILES string of the molecule is [B]C1([B])OC(N)=N[C@]12c1cc(-c3cccc(Cl)c3)ccc1C[C@@]21CC[C@H](OC)[C@@H](C)C1. The molecule has 2 aliphatic carbocycles. The third-order valence-corrected chi connectivity index (χ3v) is 7.86. The molecular weight excluding hydrogens is 405 g/mol. The maximum absolute atomic E-state index is 6.66. The highest BCUT2D eigenvalue weighted by atomic mass is 35.5. The van der Waals surface area contributed by atoms with Crippen LogP contribution in [0.5, 0.6) is 0 Å². The summed E-state index contributed by atoms with van der Waals surface area (Å²) < 4.78 is 11.5. The van der Waals surface area contributed by atoms with E-state index < -0.39 is 10.9 Å². The second-order valence-corrected chi connectivity index (χ2v) is 9.83. The van der Waals surface area contributed by atoms with Crippen LogP contribution >= 0.6 is 11.6 Å². The Balaban J connectivity index is 1.70. The maximum atomic E-state index is 6.66. The molecule has 3 aliphatic rings. The minimum absolute atomic E-state index is 0.0481. The minimum Gasteiger partial charge on any atom is -0.476 e. The predicted molar refractivity (Wildman–Crippen MR) is 125 cm³/mol. The average Bonchev–Trinajstić information content (AvgIpc) is 3.12. The Morgan fingerprint density at radius 1 is 1.19 bits per heavy atom. The van der Waals surface area contributed by atoms with E-state index in [1.807, 2.05) is 24.3 Å². The van der Waals surface area contributed by atoms with Crippen molar-refractivity contribution in [3.63, 3.8) is 0 Å². The van der Waals surface area contributed by atoms with Crippen molar-refractivity contribution in [3.05, 3.63) is 58.6 Å². The zero-order valence-electron chi connectivity index (χ0n) is 17.9. The van der Waals surface area contributed by atoms with Gasteiger partial charge in [0.25, 0.3) is 6.02 Å². The van der Waals surface area contributed by atoms with Crippen molar-refractivity contribution >= 4 is 33.3 Å². The Hall–Kier alpha value is -1.91. The zero-order chi connectivity index (χ0) is 22.0. The normalized spacial score (nSPS) is 33.3. The van der Waals surface area contributed by atoms with Crippen LogP contribution in [0.15, 0.2) is 47.5 Å². The number of fused-ring (bicyclic) bond motifs is 3. The quantitative estimate of drug-likeness (QED) is 0.735. The number of aliphatic imine (C=N–C) groups is 1. The molecule has 31 heavy (non-hydrogen) atoms. The van der Waals surface area contributed by atoms with E-state index in [9.17, 15) is 0 Å². The molecule has 156 valence electrons. The van der Waals surface area contributed by atoms with Crippen molar-refractivity contribution in [2.24, 2.45) is 22.1 Å². The summed E-state index contributed by atoms with van der Waals surface area (Å²) in [6.07, 6.45) is 3.72. The fraction of sp³-hybridized carbons (Fsp3) is 0.458. The van der Waals surface area contributed by atoms with Gasteiger partial charge < -0.3 is 15.2 Å². The van der Waals surface area contributed by atoms with Crippen LogP contribution in [0, 0.1) is 11.3 Å². The molecule has 0 saturated heterocycles. The summed E-state index contributed by atoms with van der Waals surface area (Å²) in [5, 5.41) is -0.844. The molecular formula is C24H25B2ClN2O2. The number of halogens is 1. The van der Waals surface area contributed by atoms with E-state index in [1.54, 1.807) is 7.11 Å². The van der Waals surface area contributed by atoms with E-state index >= 15 is 0 Å². The summed E-state index contributed by atoms with van der Waals surface area (Å²) in [4.78, 5) is 4.88. The predicted octanol–water partition coefficient (Wildman–Crippen LogP) is 3.92. The maximum Gasteiger partial charge on any atom is 0.281 e. The number of amidine groups is 1. The van der Waals surface area contributed by atoms with Crippen molar-refractivity contribution in [1.82, 2.24) is 0 Å². The Bertz CT molecular complexity index is 1080. The third kappa shape index (κ3) is 2.91. The Morgan fingerprint density at radius 3 is 2.61 bits per heavy atom. The Kier molecular flexibility index (Phi) is 4.76. The number of nitrogens with zero attached hydrogens (tertiary/aromatic N) is 1. The molecule has 0 amide bonds.